The molecule has 0 amide bonds. The molecule has 2 aromatic rings. The molecule has 0 aliphatic heterocycles. The average molecular weight is 259 g/mol. The summed E-state index contributed by atoms with van der Waals surface area (Å²) < 4.78 is 0. The van der Waals surface area contributed by atoms with Crippen LogP contribution in [0.3, 0.4) is 0 Å². The summed E-state index contributed by atoms with van der Waals surface area (Å²) >= 11 is 6.36. The fraction of sp³-hybridized carbons (Fsp3) is 0.267. The maximum atomic E-state index is 6.36. The Morgan fingerprint density at radius 3 is 2.44 bits per heavy atom. The van der Waals surface area contributed by atoms with Crippen LogP contribution in [0.4, 0.5) is 0 Å². The summed E-state index contributed by atoms with van der Waals surface area (Å²) in [4.78, 5) is 4.55. The van der Waals surface area contributed by atoms with Crippen LogP contribution < -0.4 is 5.73 Å². The van der Waals surface area contributed by atoms with Crippen LogP contribution in [0.1, 0.15) is 18.5 Å². The van der Waals surface area contributed by atoms with Gasteiger partial charge in [0.1, 0.15) is 0 Å². The first-order chi connectivity index (χ1) is 8.75. The molecule has 1 aromatic heterocycles. The first-order valence-electron chi connectivity index (χ1n) is 6.17. The summed E-state index contributed by atoms with van der Waals surface area (Å²) in [6.45, 7) is 0.629. The Morgan fingerprint density at radius 2 is 1.89 bits per heavy atom. The Labute approximate surface area is 112 Å². The second-order valence-electron chi connectivity index (χ2n) is 4.90. The molecule has 0 saturated heterocycles. The third kappa shape index (κ3) is 1.92. The topological polar surface area (TPSA) is 38.9 Å². The van der Waals surface area contributed by atoms with E-state index >= 15 is 0 Å². The largest absolute Gasteiger partial charge is 0.330 e. The van der Waals surface area contributed by atoms with E-state index in [9.17, 15) is 0 Å². The van der Waals surface area contributed by atoms with Crippen LogP contribution in [0, 0.1) is 0 Å². The number of halogens is 1. The van der Waals surface area contributed by atoms with Gasteiger partial charge in [0.2, 0.25) is 0 Å². The second-order valence-corrected chi connectivity index (χ2v) is 5.31. The van der Waals surface area contributed by atoms with Crippen molar-refractivity contribution in [3.63, 3.8) is 0 Å². The lowest BCUT2D eigenvalue weighted by Gasteiger charge is -2.14. The van der Waals surface area contributed by atoms with Gasteiger partial charge in [0.05, 0.1) is 10.7 Å². The molecule has 1 fully saturated rings. The van der Waals surface area contributed by atoms with Gasteiger partial charge in [-0.05, 0) is 24.5 Å². The predicted molar refractivity (Wildman–Crippen MR) is 74.6 cm³/mol. The lowest BCUT2D eigenvalue weighted by molar-refractivity contribution is 0.679. The van der Waals surface area contributed by atoms with Gasteiger partial charge in [-0.2, -0.15) is 0 Å². The zero-order valence-electron chi connectivity index (χ0n) is 10.1. The van der Waals surface area contributed by atoms with Gasteiger partial charge in [-0.1, -0.05) is 41.9 Å². The molecule has 0 unspecified atom stereocenters. The van der Waals surface area contributed by atoms with Crippen molar-refractivity contribution in [1.29, 1.82) is 0 Å². The number of nitrogens with zero attached hydrogens (tertiary/aromatic N) is 1. The van der Waals surface area contributed by atoms with Gasteiger partial charge in [-0.3, -0.25) is 4.98 Å². The first-order valence-corrected chi connectivity index (χ1v) is 6.54. The normalized spacial score (nSPS) is 16.6. The van der Waals surface area contributed by atoms with Crippen molar-refractivity contribution < 1.29 is 0 Å². The Balaban J connectivity index is 2.00. The highest BCUT2D eigenvalue weighted by Crippen LogP contribution is 2.48. The monoisotopic (exact) mass is 258 g/mol. The summed E-state index contributed by atoms with van der Waals surface area (Å²) in [6, 6.07) is 12.1. The van der Waals surface area contributed by atoms with Crippen LogP contribution in [0.5, 0.6) is 0 Å². The summed E-state index contributed by atoms with van der Waals surface area (Å²) in [5, 5.41) is 0.735. The van der Waals surface area contributed by atoms with Crippen molar-refractivity contribution in [2.24, 2.45) is 5.73 Å². The third-order valence-corrected chi connectivity index (χ3v) is 3.98. The first kappa shape index (κ1) is 11.7. The molecule has 0 atom stereocenters. The van der Waals surface area contributed by atoms with Crippen molar-refractivity contribution in [3.05, 3.63) is 53.3 Å². The Kier molecular flexibility index (Phi) is 2.84. The Hall–Kier alpha value is -1.38. The van der Waals surface area contributed by atoms with E-state index in [4.69, 9.17) is 17.3 Å². The molecular formula is C15H15ClN2. The number of pyridine rings is 1. The van der Waals surface area contributed by atoms with Gasteiger partial charge in [0.15, 0.2) is 0 Å². The maximum absolute atomic E-state index is 6.36. The van der Waals surface area contributed by atoms with E-state index < -0.39 is 0 Å². The molecule has 3 rings (SSSR count). The molecule has 2 N–H and O–H groups in total. The van der Waals surface area contributed by atoms with Gasteiger partial charge in [0, 0.05) is 23.7 Å². The number of rotatable bonds is 3. The van der Waals surface area contributed by atoms with E-state index in [1.54, 1.807) is 0 Å². The predicted octanol–water partition coefficient (Wildman–Crippen LogP) is 3.39. The molecular weight excluding hydrogens is 244 g/mol. The van der Waals surface area contributed by atoms with Crippen LogP contribution in [-0.2, 0) is 5.41 Å². The van der Waals surface area contributed by atoms with Crippen LogP contribution in [0.15, 0.2) is 42.6 Å². The third-order valence-electron chi connectivity index (χ3n) is 3.69. The average Bonchev–Trinajstić information content (AvgIpc) is 3.20. The van der Waals surface area contributed by atoms with Gasteiger partial charge in [0.25, 0.3) is 0 Å². The summed E-state index contributed by atoms with van der Waals surface area (Å²) in [5.41, 5.74) is 9.02. The molecule has 3 heteroatoms. The van der Waals surface area contributed by atoms with Crippen molar-refractivity contribution in [1.82, 2.24) is 4.98 Å². The minimum Gasteiger partial charge on any atom is -0.330 e. The highest BCUT2D eigenvalue weighted by atomic mass is 35.5. The number of hydrogen-bond acceptors (Lipinski definition) is 2. The van der Waals surface area contributed by atoms with Gasteiger partial charge in [-0.15, -0.1) is 0 Å². The number of aromatic nitrogens is 1. The number of benzene rings is 1. The van der Waals surface area contributed by atoms with E-state index in [1.807, 2.05) is 30.5 Å². The Morgan fingerprint density at radius 1 is 1.17 bits per heavy atom. The molecule has 1 aliphatic rings. The highest BCUT2D eigenvalue weighted by molar-refractivity contribution is 6.31. The van der Waals surface area contributed by atoms with Gasteiger partial charge < -0.3 is 5.73 Å². The minimum absolute atomic E-state index is 0.0479. The van der Waals surface area contributed by atoms with Gasteiger partial charge >= 0.3 is 0 Å². The van der Waals surface area contributed by atoms with Crippen LogP contribution >= 0.6 is 11.6 Å². The van der Waals surface area contributed by atoms with E-state index in [-0.39, 0.29) is 5.41 Å². The zero-order chi connectivity index (χ0) is 12.6. The van der Waals surface area contributed by atoms with Crippen LogP contribution in [-0.4, -0.2) is 11.5 Å². The second kappa shape index (κ2) is 4.38. The van der Waals surface area contributed by atoms with Crippen molar-refractivity contribution >= 4 is 11.6 Å². The number of nitrogens with two attached hydrogens (primary N) is 1. The SMILES string of the molecule is NCC1(c2ncc(-c3ccccc3)cc2Cl)CC1. The molecule has 1 aliphatic carbocycles. The zero-order valence-corrected chi connectivity index (χ0v) is 10.8. The molecule has 0 spiro atoms. The molecule has 0 radical (unpaired) electrons. The summed E-state index contributed by atoms with van der Waals surface area (Å²) in [7, 11) is 0. The van der Waals surface area contributed by atoms with Crippen LogP contribution in [0.2, 0.25) is 5.02 Å². The van der Waals surface area contributed by atoms with Gasteiger partial charge in [-0.25, -0.2) is 0 Å². The molecule has 1 heterocycles. The van der Waals surface area contributed by atoms with E-state index in [2.05, 4.69) is 17.1 Å². The van der Waals surface area contributed by atoms with Crippen molar-refractivity contribution in [2.45, 2.75) is 18.3 Å². The molecule has 18 heavy (non-hydrogen) atoms. The fourth-order valence-corrected chi connectivity index (χ4v) is 2.67. The molecule has 92 valence electrons. The molecule has 2 nitrogen and oxygen atoms in total. The fourth-order valence-electron chi connectivity index (χ4n) is 2.31. The standard InChI is InChI=1S/C15H15ClN2/c16-13-8-12(11-4-2-1-3-5-11)9-18-14(13)15(10-17)6-7-15/h1-5,8-9H,6-7,10,17H2. The van der Waals surface area contributed by atoms with Crippen molar-refractivity contribution in [3.8, 4) is 11.1 Å². The molecule has 1 aromatic carbocycles. The maximum Gasteiger partial charge on any atom is 0.0664 e. The van der Waals surface area contributed by atoms with Crippen molar-refractivity contribution in [2.75, 3.05) is 6.54 Å². The minimum atomic E-state index is 0.0479. The molecule has 0 bridgehead atoms. The number of hydrogen-bond donors (Lipinski definition) is 1. The highest BCUT2D eigenvalue weighted by Gasteiger charge is 2.45. The Bertz CT molecular complexity index is 562. The van der Waals surface area contributed by atoms with E-state index in [0.29, 0.717) is 6.54 Å². The quantitative estimate of drug-likeness (QED) is 0.917. The lowest BCUT2D eigenvalue weighted by atomic mass is 10.00. The summed E-state index contributed by atoms with van der Waals surface area (Å²) in [5.74, 6) is 0. The van der Waals surface area contributed by atoms with Crippen LogP contribution in [0.25, 0.3) is 11.1 Å². The molecule has 1 saturated carbocycles. The lowest BCUT2D eigenvalue weighted by Crippen LogP contribution is -2.21. The van der Waals surface area contributed by atoms with E-state index in [0.717, 1.165) is 34.7 Å². The summed E-state index contributed by atoms with van der Waals surface area (Å²) in [6.07, 6.45) is 4.09. The smallest absolute Gasteiger partial charge is 0.0664 e. The van der Waals surface area contributed by atoms with E-state index in [1.165, 1.54) is 0 Å².